The summed E-state index contributed by atoms with van der Waals surface area (Å²) in [5, 5.41) is 12.6. The van der Waals surface area contributed by atoms with Crippen molar-refractivity contribution < 1.29 is 8.42 Å². The lowest BCUT2D eigenvalue weighted by Crippen LogP contribution is -2.30. The van der Waals surface area contributed by atoms with E-state index in [1.165, 1.54) is 9.10 Å². The largest absolute Gasteiger partial charge is 0.340 e. The van der Waals surface area contributed by atoms with E-state index in [1.54, 1.807) is 18.2 Å². The Morgan fingerprint density at radius 2 is 1.80 bits per heavy atom. The number of nitrogens with one attached hydrogen (secondary N) is 1. The van der Waals surface area contributed by atoms with E-state index in [2.05, 4.69) is 25.4 Å². The first kappa shape index (κ1) is 20.2. The van der Waals surface area contributed by atoms with E-state index in [-0.39, 0.29) is 4.90 Å². The molecule has 156 valence electrons. The van der Waals surface area contributed by atoms with Gasteiger partial charge in [0.25, 0.3) is 0 Å². The van der Waals surface area contributed by atoms with Crippen LogP contribution >= 0.6 is 0 Å². The maximum atomic E-state index is 12.8. The fourth-order valence-corrected chi connectivity index (χ4v) is 4.74. The van der Waals surface area contributed by atoms with Gasteiger partial charge in [-0.3, -0.25) is 0 Å². The Morgan fingerprint density at radius 3 is 2.50 bits per heavy atom. The number of rotatable bonds is 7. The quantitative estimate of drug-likeness (QED) is 0.487. The van der Waals surface area contributed by atoms with Gasteiger partial charge in [-0.2, -0.15) is 9.10 Å². The smallest absolute Gasteiger partial charge is 0.243 e. The Labute approximate surface area is 174 Å². The number of tetrazole rings is 1. The second kappa shape index (κ2) is 7.96. The molecule has 10 heteroatoms. The van der Waals surface area contributed by atoms with Crippen molar-refractivity contribution >= 4 is 21.1 Å². The molecule has 30 heavy (non-hydrogen) atoms. The Hall–Kier alpha value is -3.11. The van der Waals surface area contributed by atoms with Gasteiger partial charge >= 0.3 is 0 Å². The van der Waals surface area contributed by atoms with E-state index in [4.69, 9.17) is 0 Å². The predicted molar refractivity (Wildman–Crippen MR) is 113 cm³/mol. The van der Waals surface area contributed by atoms with E-state index in [9.17, 15) is 8.42 Å². The van der Waals surface area contributed by atoms with Crippen molar-refractivity contribution in [2.24, 2.45) is 0 Å². The molecule has 0 unspecified atom stereocenters. The van der Waals surface area contributed by atoms with Crippen LogP contribution in [0.4, 0.5) is 0 Å². The van der Waals surface area contributed by atoms with E-state index in [1.807, 2.05) is 45.0 Å². The average molecular weight is 426 g/mol. The Morgan fingerprint density at radius 1 is 1.07 bits per heavy atom. The lowest BCUT2D eigenvalue weighted by atomic mass is 10.1. The number of H-pyrrole nitrogens is 1. The third-order valence-corrected chi connectivity index (χ3v) is 6.95. The van der Waals surface area contributed by atoms with Crippen molar-refractivity contribution in [2.45, 2.75) is 32.2 Å². The van der Waals surface area contributed by atoms with Gasteiger partial charge in [-0.1, -0.05) is 43.7 Å². The number of aromatic nitrogens is 6. The molecule has 2 aromatic carbocycles. The van der Waals surface area contributed by atoms with Crippen LogP contribution in [-0.2, 0) is 16.6 Å². The van der Waals surface area contributed by atoms with Crippen molar-refractivity contribution in [3.05, 3.63) is 53.9 Å². The molecule has 0 fully saturated rings. The number of aromatic amines is 1. The first-order valence-corrected chi connectivity index (χ1v) is 11.2. The highest BCUT2D eigenvalue weighted by Crippen LogP contribution is 2.21. The fraction of sp³-hybridized carbons (Fsp3) is 0.300. The second-order valence-corrected chi connectivity index (χ2v) is 8.90. The number of hydrogen-bond donors (Lipinski definition) is 1. The Balaban J connectivity index is 1.58. The number of fused-ring (bicyclic) bond motifs is 1. The molecule has 0 bridgehead atoms. The molecule has 0 atom stereocenters. The molecule has 0 saturated heterocycles. The minimum absolute atomic E-state index is 0.245. The normalized spacial score (nSPS) is 12.1. The molecule has 1 N–H and O–H groups in total. The lowest BCUT2D eigenvalue weighted by Gasteiger charge is -2.18. The first-order valence-electron chi connectivity index (χ1n) is 9.74. The maximum Gasteiger partial charge on any atom is 0.243 e. The summed E-state index contributed by atoms with van der Waals surface area (Å²) in [5.74, 6) is 1.16. The van der Waals surface area contributed by atoms with Gasteiger partial charge in [0, 0.05) is 18.7 Å². The zero-order valence-corrected chi connectivity index (χ0v) is 17.9. The van der Waals surface area contributed by atoms with Crippen LogP contribution < -0.4 is 0 Å². The number of nitrogens with zero attached hydrogens (tertiary/aromatic N) is 6. The summed E-state index contributed by atoms with van der Waals surface area (Å²) in [7, 11) is -3.53. The highest BCUT2D eigenvalue weighted by atomic mass is 32.2. The van der Waals surface area contributed by atoms with Gasteiger partial charge in [0.1, 0.15) is 12.4 Å². The molecule has 0 saturated carbocycles. The van der Waals surface area contributed by atoms with Crippen molar-refractivity contribution in [1.82, 2.24) is 34.5 Å². The van der Waals surface area contributed by atoms with Crippen molar-refractivity contribution in [3.63, 3.8) is 0 Å². The molecule has 4 aromatic rings. The highest BCUT2D eigenvalue weighted by molar-refractivity contribution is 7.89. The molecule has 0 spiro atoms. The van der Waals surface area contributed by atoms with Gasteiger partial charge in [0.05, 0.1) is 15.9 Å². The molecule has 4 rings (SSSR count). The molecule has 9 nitrogen and oxygen atoms in total. The number of sulfonamides is 1. The standard InChI is InChI=1S/C20H23N7O2S/c1-4-26(5-2)30(28,29)16-10-11-17-18(12-16)22-19(21-17)13-27-24-20(23-25-27)15-8-6-14(3)7-9-15/h6-12H,4-5,13H2,1-3H3,(H,21,22). The third-order valence-electron chi connectivity index (χ3n) is 4.90. The lowest BCUT2D eigenvalue weighted by molar-refractivity contribution is 0.445. The summed E-state index contributed by atoms with van der Waals surface area (Å²) in [5.41, 5.74) is 3.39. The number of hydrogen-bond acceptors (Lipinski definition) is 6. The van der Waals surface area contributed by atoms with Crippen molar-refractivity contribution in [1.29, 1.82) is 0 Å². The zero-order chi connectivity index (χ0) is 21.3. The SMILES string of the molecule is CCN(CC)S(=O)(=O)c1ccc2nc(Cn3nnc(-c4ccc(C)cc4)n3)[nH]c2c1. The Bertz CT molecular complexity index is 1270. The predicted octanol–water partition coefficient (Wildman–Crippen LogP) is 2.60. The van der Waals surface area contributed by atoms with Gasteiger partial charge in [0.15, 0.2) is 0 Å². The van der Waals surface area contributed by atoms with Crippen molar-refractivity contribution in [2.75, 3.05) is 13.1 Å². The molecular weight excluding hydrogens is 402 g/mol. The van der Waals surface area contributed by atoms with Crippen LogP contribution in [-0.4, -0.2) is 56.0 Å². The molecule has 2 heterocycles. The van der Waals surface area contributed by atoms with Gasteiger partial charge in [0.2, 0.25) is 15.8 Å². The Kier molecular flexibility index (Phi) is 5.35. The summed E-state index contributed by atoms with van der Waals surface area (Å²) in [6, 6.07) is 12.8. The van der Waals surface area contributed by atoms with Gasteiger partial charge in [-0.25, -0.2) is 13.4 Å². The third kappa shape index (κ3) is 3.83. The highest BCUT2D eigenvalue weighted by Gasteiger charge is 2.22. The molecule has 0 aliphatic heterocycles. The summed E-state index contributed by atoms with van der Waals surface area (Å²) >= 11 is 0. The second-order valence-electron chi connectivity index (χ2n) is 6.96. The van der Waals surface area contributed by atoms with Crippen LogP contribution in [0.1, 0.15) is 25.2 Å². The monoisotopic (exact) mass is 425 g/mol. The zero-order valence-electron chi connectivity index (χ0n) is 17.1. The van der Waals surface area contributed by atoms with E-state index >= 15 is 0 Å². The number of benzene rings is 2. The van der Waals surface area contributed by atoms with Crippen molar-refractivity contribution in [3.8, 4) is 11.4 Å². The summed E-state index contributed by atoms with van der Waals surface area (Å²) in [6.07, 6.45) is 0. The molecule has 0 amide bonds. The molecule has 0 radical (unpaired) electrons. The van der Waals surface area contributed by atoms with Crippen LogP contribution in [0.25, 0.3) is 22.4 Å². The average Bonchev–Trinajstić information content (AvgIpc) is 3.35. The van der Waals surface area contributed by atoms with Gasteiger partial charge in [-0.05, 0) is 30.3 Å². The minimum Gasteiger partial charge on any atom is -0.340 e. The first-order chi connectivity index (χ1) is 14.4. The molecular formula is C20H23N7O2S. The van der Waals surface area contributed by atoms with E-state index in [0.29, 0.717) is 42.3 Å². The fourth-order valence-electron chi connectivity index (χ4n) is 3.25. The molecule has 2 aromatic heterocycles. The van der Waals surface area contributed by atoms with Crippen LogP contribution in [0, 0.1) is 6.92 Å². The molecule has 0 aliphatic rings. The van der Waals surface area contributed by atoms with Gasteiger partial charge < -0.3 is 4.98 Å². The van der Waals surface area contributed by atoms with Crippen LogP contribution in [0.15, 0.2) is 47.4 Å². The summed E-state index contributed by atoms with van der Waals surface area (Å²) in [6.45, 7) is 6.81. The van der Waals surface area contributed by atoms with Crippen LogP contribution in [0.3, 0.4) is 0 Å². The van der Waals surface area contributed by atoms with E-state index < -0.39 is 10.0 Å². The topological polar surface area (TPSA) is 110 Å². The number of imidazole rings is 1. The van der Waals surface area contributed by atoms with Crippen LogP contribution in [0.2, 0.25) is 0 Å². The summed E-state index contributed by atoms with van der Waals surface area (Å²) < 4.78 is 26.9. The number of aryl methyl sites for hydroxylation is 1. The van der Waals surface area contributed by atoms with E-state index in [0.717, 1.165) is 11.1 Å². The summed E-state index contributed by atoms with van der Waals surface area (Å²) in [4.78, 5) is 9.39. The molecule has 0 aliphatic carbocycles. The maximum absolute atomic E-state index is 12.8. The van der Waals surface area contributed by atoms with Gasteiger partial charge in [-0.15, -0.1) is 10.2 Å². The van der Waals surface area contributed by atoms with Crippen LogP contribution in [0.5, 0.6) is 0 Å². The minimum atomic E-state index is -3.53.